The van der Waals surface area contributed by atoms with Crippen LogP contribution >= 0.6 is 0 Å². The van der Waals surface area contributed by atoms with Gasteiger partial charge < -0.3 is 10.4 Å². The zero-order chi connectivity index (χ0) is 13.5. The van der Waals surface area contributed by atoms with Gasteiger partial charge in [-0.2, -0.15) is 0 Å². The molecule has 0 aromatic heterocycles. The molecule has 2 atom stereocenters. The highest BCUT2D eigenvalue weighted by molar-refractivity contribution is 5.85. The molecular formula is C11H18N2O5. The van der Waals surface area contributed by atoms with Gasteiger partial charge in [0.2, 0.25) is 11.8 Å². The first kappa shape index (κ1) is 14.4. The zero-order valence-electron chi connectivity index (χ0n) is 10.0. The molecule has 7 nitrogen and oxygen atoms in total. The summed E-state index contributed by atoms with van der Waals surface area (Å²) in [6, 6.07) is 0. The van der Waals surface area contributed by atoms with Gasteiger partial charge >= 0.3 is 5.97 Å². The Morgan fingerprint density at radius 1 is 1.11 bits per heavy atom. The van der Waals surface area contributed by atoms with E-state index in [-0.39, 0.29) is 18.9 Å². The van der Waals surface area contributed by atoms with E-state index < -0.39 is 23.7 Å². The fourth-order valence-electron chi connectivity index (χ4n) is 2.23. The van der Waals surface area contributed by atoms with E-state index in [0.29, 0.717) is 12.8 Å². The van der Waals surface area contributed by atoms with Gasteiger partial charge in [-0.05, 0) is 12.8 Å². The summed E-state index contributed by atoms with van der Waals surface area (Å²) < 4.78 is 0. The number of amides is 2. The normalized spacial score (nSPS) is 23.2. The standard InChI is InChI=1S/C11H18N2O5/c14-9(13-18)5-6-12-10(15)7-3-1-2-4-8(7)11(16)17/h7-8,18H,1-6H2,(H,12,15)(H,13,14)(H,16,17)/t7-,8+/m0/s1. The monoisotopic (exact) mass is 258 g/mol. The third-order valence-electron chi connectivity index (χ3n) is 3.20. The third kappa shape index (κ3) is 3.99. The fraction of sp³-hybridized carbons (Fsp3) is 0.727. The van der Waals surface area contributed by atoms with Gasteiger partial charge in [0.15, 0.2) is 0 Å². The highest BCUT2D eigenvalue weighted by Crippen LogP contribution is 2.30. The largest absolute Gasteiger partial charge is 0.481 e. The number of hydroxylamine groups is 1. The molecule has 0 aromatic carbocycles. The van der Waals surface area contributed by atoms with E-state index in [1.165, 1.54) is 5.48 Å². The number of hydrogen-bond donors (Lipinski definition) is 4. The van der Waals surface area contributed by atoms with Gasteiger partial charge in [0, 0.05) is 13.0 Å². The van der Waals surface area contributed by atoms with Gasteiger partial charge in [-0.25, -0.2) is 5.48 Å². The second-order valence-electron chi connectivity index (χ2n) is 4.41. The van der Waals surface area contributed by atoms with Gasteiger partial charge in [0.05, 0.1) is 11.8 Å². The molecule has 1 rings (SSSR count). The Balaban J connectivity index is 2.43. The summed E-state index contributed by atoms with van der Waals surface area (Å²) in [4.78, 5) is 33.6. The second kappa shape index (κ2) is 6.95. The molecule has 1 aliphatic carbocycles. The number of carboxylic acids is 1. The number of rotatable bonds is 5. The fourth-order valence-corrected chi connectivity index (χ4v) is 2.23. The predicted octanol–water partition coefficient (Wildman–Crippen LogP) is -0.111. The molecule has 7 heteroatoms. The number of aliphatic carboxylic acids is 1. The van der Waals surface area contributed by atoms with Crippen molar-refractivity contribution in [1.82, 2.24) is 10.8 Å². The van der Waals surface area contributed by atoms with Gasteiger partial charge in [0.25, 0.3) is 0 Å². The Hall–Kier alpha value is -1.63. The molecule has 2 amide bonds. The lowest BCUT2D eigenvalue weighted by Crippen LogP contribution is -2.40. The first-order chi connectivity index (χ1) is 8.56. The van der Waals surface area contributed by atoms with Crippen LogP contribution in [0, 0.1) is 11.8 Å². The van der Waals surface area contributed by atoms with Crippen LogP contribution in [0.25, 0.3) is 0 Å². The molecule has 0 heterocycles. The number of carbonyl (C=O) groups excluding carboxylic acids is 2. The Morgan fingerprint density at radius 2 is 1.72 bits per heavy atom. The molecular weight excluding hydrogens is 240 g/mol. The van der Waals surface area contributed by atoms with E-state index in [2.05, 4.69) is 5.32 Å². The number of nitrogens with one attached hydrogen (secondary N) is 2. The van der Waals surface area contributed by atoms with Crippen molar-refractivity contribution in [2.24, 2.45) is 11.8 Å². The smallest absolute Gasteiger partial charge is 0.307 e. The van der Waals surface area contributed by atoms with Crippen molar-refractivity contribution in [2.75, 3.05) is 6.54 Å². The summed E-state index contributed by atoms with van der Waals surface area (Å²) in [5, 5.41) is 19.8. The van der Waals surface area contributed by atoms with Crippen molar-refractivity contribution >= 4 is 17.8 Å². The summed E-state index contributed by atoms with van der Waals surface area (Å²) in [5.41, 5.74) is 1.46. The highest BCUT2D eigenvalue weighted by Gasteiger charge is 2.35. The van der Waals surface area contributed by atoms with Gasteiger partial charge in [-0.15, -0.1) is 0 Å². The van der Waals surface area contributed by atoms with Gasteiger partial charge in [0.1, 0.15) is 0 Å². The first-order valence-corrected chi connectivity index (χ1v) is 5.99. The molecule has 1 aliphatic rings. The van der Waals surface area contributed by atoms with Crippen molar-refractivity contribution in [3.8, 4) is 0 Å². The van der Waals surface area contributed by atoms with Crippen molar-refractivity contribution < 1.29 is 24.7 Å². The van der Waals surface area contributed by atoms with E-state index >= 15 is 0 Å². The zero-order valence-corrected chi connectivity index (χ0v) is 10.0. The average molecular weight is 258 g/mol. The summed E-state index contributed by atoms with van der Waals surface area (Å²) in [6.07, 6.45) is 2.72. The predicted molar refractivity (Wildman–Crippen MR) is 60.6 cm³/mol. The number of carbonyl (C=O) groups is 3. The Labute approximate surface area is 105 Å². The average Bonchev–Trinajstić information content (AvgIpc) is 2.38. The van der Waals surface area contributed by atoms with Crippen LogP contribution in [-0.2, 0) is 14.4 Å². The molecule has 0 saturated heterocycles. The maximum absolute atomic E-state index is 11.8. The highest BCUT2D eigenvalue weighted by atomic mass is 16.5. The van der Waals surface area contributed by atoms with E-state index in [4.69, 9.17) is 10.3 Å². The quantitative estimate of drug-likeness (QED) is 0.405. The number of hydrogen-bond acceptors (Lipinski definition) is 4. The SMILES string of the molecule is O=C(CCNC(=O)[C@H]1CCCC[C@H]1C(=O)O)NO. The lowest BCUT2D eigenvalue weighted by Gasteiger charge is -2.27. The Kier molecular flexibility index (Phi) is 5.57. The van der Waals surface area contributed by atoms with Crippen LogP contribution in [0.5, 0.6) is 0 Å². The van der Waals surface area contributed by atoms with Crippen LogP contribution in [0.3, 0.4) is 0 Å². The van der Waals surface area contributed by atoms with E-state index in [1.54, 1.807) is 0 Å². The molecule has 0 spiro atoms. The van der Waals surface area contributed by atoms with E-state index in [0.717, 1.165) is 12.8 Å². The molecule has 1 saturated carbocycles. The van der Waals surface area contributed by atoms with Crippen LogP contribution in [0.2, 0.25) is 0 Å². The summed E-state index contributed by atoms with van der Waals surface area (Å²) in [7, 11) is 0. The van der Waals surface area contributed by atoms with Gasteiger partial charge in [-0.1, -0.05) is 12.8 Å². The lowest BCUT2D eigenvalue weighted by atomic mass is 9.79. The lowest BCUT2D eigenvalue weighted by molar-refractivity contribution is -0.149. The van der Waals surface area contributed by atoms with Crippen molar-refractivity contribution in [3.63, 3.8) is 0 Å². The Morgan fingerprint density at radius 3 is 2.28 bits per heavy atom. The van der Waals surface area contributed by atoms with Crippen LogP contribution in [0.15, 0.2) is 0 Å². The van der Waals surface area contributed by atoms with Crippen LogP contribution in [0.1, 0.15) is 32.1 Å². The molecule has 0 aromatic rings. The van der Waals surface area contributed by atoms with E-state index in [9.17, 15) is 14.4 Å². The molecule has 0 unspecified atom stereocenters. The molecule has 0 aliphatic heterocycles. The van der Waals surface area contributed by atoms with Crippen LogP contribution in [0.4, 0.5) is 0 Å². The first-order valence-electron chi connectivity index (χ1n) is 5.99. The molecule has 0 bridgehead atoms. The topological polar surface area (TPSA) is 116 Å². The summed E-state index contributed by atoms with van der Waals surface area (Å²) >= 11 is 0. The van der Waals surface area contributed by atoms with Gasteiger partial charge in [-0.3, -0.25) is 19.6 Å². The van der Waals surface area contributed by atoms with Crippen LogP contribution < -0.4 is 10.8 Å². The number of carboxylic acid groups (broad SMARTS) is 1. The molecule has 1 fully saturated rings. The van der Waals surface area contributed by atoms with E-state index in [1.807, 2.05) is 0 Å². The molecule has 102 valence electrons. The second-order valence-corrected chi connectivity index (χ2v) is 4.41. The van der Waals surface area contributed by atoms with Crippen LogP contribution in [-0.4, -0.2) is 34.6 Å². The van der Waals surface area contributed by atoms with Crippen molar-refractivity contribution in [3.05, 3.63) is 0 Å². The molecule has 18 heavy (non-hydrogen) atoms. The summed E-state index contributed by atoms with van der Waals surface area (Å²) in [5.74, 6) is -3.01. The van der Waals surface area contributed by atoms with Crippen molar-refractivity contribution in [1.29, 1.82) is 0 Å². The minimum absolute atomic E-state index is 0.0350. The molecule has 0 radical (unpaired) electrons. The van der Waals surface area contributed by atoms with Crippen molar-refractivity contribution in [2.45, 2.75) is 32.1 Å². The third-order valence-corrected chi connectivity index (χ3v) is 3.20. The summed E-state index contributed by atoms with van der Waals surface area (Å²) in [6.45, 7) is 0.0913. The minimum atomic E-state index is -0.942. The molecule has 4 N–H and O–H groups in total. The maximum Gasteiger partial charge on any atom is 0.307 e. The Bertz CT molecular complexity index is 331. The maximum atomic E-state index is 11.8. The minimum Gasteiger partial charge on any atom is -0.481 e.